The van der Waals surface area contributed by atoms with Gasteiger partial charge in [-0.1, -0.05) is 0 Å². The van der Waals surface area contributed by atoms with Crippen molar-refractivity contribution in [1.82, 2.24) is 0 Å². The summed E-state index contributed by atoms with van der Waals surface area (Å²) in [7, 11) is 0. The van der Waals surface area contributed by atoms with E-state index in [2.05, 4.69) is 32.9 Å². The summed E-state index contributed by atoms with van der Waals surface area (Å²) in [6.45, 7) is 0. The highest BCUT2D eigenvalue weighted by molar-refractivity contribution is 14.1. The number of amidine groups is 1. The van der Waals surface area contributed by atoms with Crippen LogP contribution in [0.1, 0.15) is 4.88 Å². The summed E-state index contributed by atoms with van der Waals surface area (Å²) < 4.78 is 13.8. The second-order valence-electron chi connectivity index (χ2n) is 2.28. The first-order chi connectivity index (χ1) is 5.68. The summed E-state index contributed by atoms with van der Waals surface area (Å²) in [4.78, 5) is 4.39. The number of hydrogen-bond donors (Lipinski definition) is 2. The van der Waals surface area contributed by atoms with E-state index < -0.39 is 6.42 Å². The lowest BCUT2D eigenvalue weighted by Gasteiger charge is -2.15. The molecule has 1 aliphatic rings. The molecular weight excluding hydrogens is 292 g/mol. The molecule has 1 aromatic heterocycles. The number of nitrogens with zero attached hydrogens (tertiary/aromatic N) is 1. The van der Waals surface area contributed by atoms with Crippen molar-refractivity contribution in [3.8, 4) is 0 Å². The van der Waals surface area contributed by atoms with E-state index in [0.717, 1.165) is 14.1 Å². The van der Waals surface area contributed by atoms with E-state index in [0.29, 0.717) is 0 Å². The molecule has 1 atom stereocenters. The molecule has 0 fully saturated rings. The molecule has 2 rings (SSSR count). The molecule has 12 heavy (non-hydrogen) atoms. The topological polar surface area (TPSA) is 50.4 Å². The van der Waals surface area contributed by atoms with Gasteiger partial charge in [0.15, 0.2) is 0 Å². The van der Waals surface area contributed by atoms with Crippen LogP contribution in [0.15, 0.2) is 10.4 Å². The summed E-state index contributed by atoms with van der Waals surface area (Å²) in [5.41, 5.74) is 6.29. The van der Waals surface area contributed by atoms with Crippen molar-refractivity contribution >= 4 is 45.5 Å². The fraction of sp³-hybridized carbons (Fsp3) is 0.167. The lowest BCUT2D eigenvalue weighted by Crippen LogP contribution is -2.25. The van der Waals surface area contributed by atoms with E-state index in [4.69, 9.17) is 5.73 Å². The molecule has 0 spiro atoms. The minimum atomic E-state index is -1.40. The molecule has 3 nitrogen and oxygen atoms in total. The number of rotatable bonds is 0. The zero-order valence-corrected chi connectivity index (χ0v) is 8.82. The lowest BCUT2D eigenvalue weighted by molar-refractivity contribution is 0.385. The average molecular weight is 297 g/mol. The number of nitrogens with one attached hydrogen (secondary N) is 1. The molecule has 0 aliphatic carbocycles. The van der Waals surface area contributed by atoms with Crippen LogP contribution in [0.5, 0.6) is 0 Å². The molecule has 0 bridgehead atoms. The zero-order chi connectivity index (χ0) is 8.72. The summed E-state index contributed by atoms with van der Waals surface area (Å²) in [5, 5.41) is 4.52. The van der Waals surface area contributed by atoms with Gasteiger partial charge in [0.05, 0.1) is 10.6 Å². The Hall–Kier alpha value is -0.370. The van der Waals surface area contributed by atoms with Gasteiger partial charge in [0.1, 0.15) is 5.84 Å². The predicted molar refractivity (Wildman–Crippen MR) is 56.3 cm³/mol. The highest BCUT2D eigenvalue weighted by Crippen LogP contribution is 2.32. The number of fused-ring (bicyclic) bond motifs is 1. The van der Waals surface area contributed by atoms with Crippen LogP contribution >= 0.6 is 33.9 Å². The van der Waals surface area contributed by atoms with Gasteiger partial charge in [0, 0.05) is 8.95 Å². The van der Waals surface area contributed by atoms with Crippen molar-refractivity contribution in [3.63, 3.8) is 0 Å². The number of hydrogen-bond acceptors (Lipinski definition) is 4. The van der Waals surface area contributed by atoms with E-state index in [9.17, 15) is 4.39 Å². The Labute approximate surface area is 86.0 Å². The fourth-order valence-electron chi connectivity index (χ4n) is 0.992. The first-order valence-electron chi connectivity index (χ1n) is 3.19. The van der Waals surface area contributed by atoms with Gasteiger partial charge in [-0.05, 0) is 22.6 Å². The lowest BCUT2D eigenvalue weighted by atomic mass is 10.3. The molecule has 1 aromatic rings. The van der Waals surface area contributed by atoms with Crippen LogP contribution in [-0.4, -0.2) is 12.3 Å². The number of anilines is 1. The Balaban J connectivity index is 2.55. The molecule has 1 aliphatic heterocycles. The SMILES string of the molecule is NC1=NC(F)Nc2c(I)csc21. The van der Waals surface area contributed by atoms with Gasteiger partial charge < -0.3 is 11.1 Å². The summed E-state index contributed by atoms with van der Waals surface area (Å²) in [6.07, 6.45) is -1.40. The largest absolute Gasteiger partial charge is 0.383 e. The monoisotopic (exact) mass is 297 g/mol. The molecular formula is C6H5FIN3S. The Bertz CT molecular complexity index is 349. The van der Waals surface area contributed by atoms with Crippen LogP contribution in [-0.2, 0) is 0 Å². The molecule has 0 amide bonds. The van der Waals surface area contributed by atoms with Gasteiger partial charge in [0.25, 0.3) is 6.42 Å². The van der Waals surface area contributed by atoms with Gasteiger partial charge in [-0.3, -0.25) is 0 Å². The van der Waals surface area contributed by atoms with Crippen molar-refractivity contribution in [2.75, 3.05) is 5.32 Å². The van der Waals surface area contributed by atoms with Crippen LogP contribution in [0.4, 0.5) is 10.1 Å². The Morgan fingerprint density at radius 1 is 1.75 bits per heavy atom. The third kappa shape index (κ3) is 1.18. The normalized spacial score (nSPS) is 21.2. The van der Waals surface area contributed by atoms with E-state index in [1.807, 2.05) is 5.38 Å². The fourth-order valence-corrected chi connectivity index (χ4v) is 2.78. The van der Waals surface area contributed by atoms with E-state index >= 15 is 0 Å². The Morgan fingerprint density at radius 3 is 3.25 bits per heavy atom. The molecule has 3 N–H and O–H groups in total. The van der Waals surface area contributed by atoms with Crippen molar-refractivity contribution in [2.24, 2.45) is 10.7 Å². The van der Waals surface area contributed by atoms with E-state index in [-0.39, 0.29) is 5.84 Å². The van der Waals surface area contributed by atoms with Crippen molar-refractivity contribution in [2.45, 2.75) is 6.42 Å². The highest BCUT2D eigenvalue weighted by atomic mass is 127. The van der Waals surface area contributed by atoms with Gasteiger partial charge in [-0.15, -0.1) is 11.3 Å². The van der Waals surface area contributed by atoms with Gasteiger partial charge in [-0.25, -0.2) is 4.99 Å². The number of nitrogens with two attached hydrogens (primary N) is 1. The number of aliphatic imine (C=N–C) groups is 1. The molecule has 1 unspecified atom stereocenters. The quantitative estimate of drug-likeness (QED) is 0.566. The maximum Gasteiger partial charge on any atom is 0.266 e. The van der Waals surface area contributed by atoms with Crippen LogP contribution in [0.25, 0.3) is 0 Å². The minimum Gasteiger partial charge on any atom is -0.383 e. The van der Waals surface area contributed by atoms with E-state index in [1.165, 1.54) is 11.3 Å². The van der Waals surface area contributed by atoms with Crippen LogP contribution < -0.4 is 11.1 Å². The van der Waals surface area contributed by atoms with Crippen molar-refractivity contribution < 1.29 is 4.39 Å². The third-order valence-corrected chi connectivity index (χ3v) is 3.77. The van der Waals surface area contributed by atoms with Crippen molar-refractivity contribution in [3.05, 3.63) is 13.8 Å². The molecule has 2 heterocycles. The summed E-state index contributed by atoms with van der Waals surface area (Å²) >= 11 is 3.60. The summed E-state index contributed by atoms with van der Waals surface area (Å²) in [5.74, 6) is 0.282. The van der Waals surface area contributed by atoms with Crippen LogP contribution in [0.2, 0.25) is 0 Å². The molecule has 0 saturated heterocycles. The standard InChI is InChI=1S/C6H5FIN3S/c7-6-10-3-2(8)1-12-4(3)5(9)11-6/h1,6,10H,(H2,9,11). The average Bonchev–Trinajstić information content (AvgIpc) is 2.33. The third-order valence-electron chi connectivity index (χ3n) is 1.49. The molecule has 0 saturated carbocycles. The molecule has 0 radical (unpaired) electrons. The van der Waals surface area contributed by atoms with Gasteiger partial charge in [0.2, 0.25) is 0 Å². The van der Waals surface area contributed by atoms with Crippen LogP contribution in [0, 0.1) is 3.57 Å². The van der Waals surface area contributed by atoms with Crippen LogP contribution in [0.3, 0.4) is 0 Å². The number of halogens is 2. The Morgan fingerprint density at radius 2 is 2.50 bits per heavy atom. The molecule has 0 aromatic carbocycles. The Kier molecular flexibility index (Phi) is 1.95. The number of thiophene rings is 1. The highest BCUT2D eigenvalue weighted by Gasteiger charge is 2.21. The predicted octanol–water partition coefficient (Wildman–Crippen LogP) is 1.74. The maximum atomic E-state index is 12.8. The zero-order valence-electron chi connectivity index (χ0n) is 5.84. The first-order valence-corrected chi connectivity index (χ1v) is 5.15. The molecule has 6 heteroatoms. The first kappa shape index (κ1) is 8.24. The van der Waals surface area contributed by atoms with Gasteiger partial charge >= 0.3 is 0 Å². The second kappa shape index (κ2) is 2.84. The summed E-state index contributed by atoms with van der Waals surface area (Å²) in [6, 6.07) is 0. The second-order valence-corrected chi connectivity index (χ2v) is 4.32. The maximum absolute atomic E-state index is 12.8. The van der Waals surface area contributed by atoms with Crippen molar-refractivity contribution in [1.29, 1.82) is 0 Å². The van der Waals surface area contributed by atoms with E-state index in [1.54, 1.807) is 0 Å². The number of alkyl halides is 1. The smallest absolute Gasteiger partial charge is 0.266 e. The van der Waals surface area contributed by atoms with Gasteiger partial charge in [-0.2, -0.15) is 4.39 Å². The minimum absolute atomic E-state index is 0.282. The molecule has 64 valence electrons.